The van der Waals surface area contributed by atoms with Gasteiger partial charge >= 0.3 is 0 Å². The van der Waals surface area contributed by atoms with E-state index >= 15 is 0 Å². The number of imidazole rings is 1. The van der Waals surface area contributed by atoms with Crippen LogP contribution in [0.3, 0.4) is 0 Å². The molecule has 0 aliphatic rings. The summed E-state index contributed by atoms with van der Waals surface area (Å²) in [5, 5.41) is 2.94. The van der Waals surface area contributed by atoms with Gasteiger partial charge in [-0.1, -0.05) is 24.3 Å². The number of carbonyl (C=O) groups is 1. The fourth-order valence-electron chi connectivity index (χ4n) is 3.15. The topological polar surface area (TPSA) is 55.6 Å². The summed E-state index contributed by atoms with van der Waals surface area (Å²) < 4.78 is 7.81. The number of pyridine rings is 1. The Bertz CT molecular complexity index is 1090. The number of aromatic nitrogens is 2. The van der Waals surface area contributed by atoms with E-state index in [1.54, 1.807) is 0 Å². The van der Waals surface area contributed by atoms with Gasteiger partial charge in [0.05, 0.1) is 5.69 Å². The van der Waals surface area contributed by atoms with E-state index in [9.17, 15) is 4.79 Å². The van der Waals surface area contributed by atoms with Crippen LogP contribution in [-0.2, 0) is 11.2 Å². The largest absolute Gasteiger partial charge is 0.457 e. The zero-order chi connectivity index (χ0) is 19.3. The molecule has 0 atom stereocenters. The van der Waals surface area contributed by atoms with E-state index in [2.05, 4.69) is 10.3 Å². The van der Waals surface area contributed by atoms with E-state index in [1.165, 1.54) is 0 Å². The molecular weight excluding hydrogens is 350 g/mol. The second-order valence-electron chi connectivity index (χ2n) is 6.56. The van der Waals surface area contributed by atoms with Crippen LogP contribution >= 0.6 is 0 Å². The molecule has 140 valence electrons. The smallest absolute Gasteiger partial charge is 0.224 e. The number of fused-ring (bicyclic) bond motifs is 1. The Balaban J connectivity index is 1.35. The summed E-state index contributed by atoms with van der Waals surface area (Å²) in [6.45, 7) is 1.98. The monoisotopic (exact) mass is 371 g/mol. The van der Waals surface area contributed by atoms with Crippen LogP contribution in [-0.4, -0.2) is 15.3 Å². The van der Waals surface area contributed by atoms with E-state index in [4.69, 9.17) is 4.74 Å². The molecule has 0 spiro atoms. The predicted octanol–water partition coefficient (Wildman–Crippen LogP) is 5.01. The molecule has 0 unspecified atom stereocenters. The van der Waals surface area contributed by atoms with E-state index in [1.807, 2.05) is 90.3 Å². The number of rotatable bonds is 6. The first-order chi connectivity index (χ1) is 13.7. The molecular formula is C23H21N3O2. The molecule has 28 heavy (non-hydrogen) atoms. The molecule has 4 rings (SSSR count). The Labute approximate surface area is 163 Å². The number of ether oxygens (including phenoxy) is 1. The van der Waals surface area contributed by atoms with Crippen LogP contribution in [0, 0.1) is 6.92 Å². The first-order valence-corrected chi connectivity index (χ1v) is 9.24. The highest BCUT2D eigenvalue weighted by Gasteiger charge is 2.10. The standard InChI is InChI=1S/C23H21N3O2/c1-17-21(26-16-6-5-9-22(26)24-17)14-15-23(27)25-18-10-12-20(13-11-18)28-19-7-3-2-4-8-19/h2-13,16H,14-15H2,1H3,(H,25,27). The van der Waals surface area contributed by atoms with Crippen molar-refractivity contribution in [1.29, 1.82) is 0 Å². The molecule has 0 saturated carbocycles. The number of para-hydroxylation sites is 1. The highest BCUT2D eigenvalue weighted by molar-refractivity contribution is 5.90. The van der Waals surface area contributed by atoms with Crippen LogP contribution in [0.2, 0.25) is 0 Å². The predicted molar refractivity (Wildman–Crippen MR) is 110 cm³/mol. The lowest BCUT2D eigenvalue weighted by Gasteiger charge is -2.08. The fraction of sp³-hybridized carbons (Fsp3) is 0.130. The van der Waals surface area contributed by atoms with Gasteiger partial charge in [-0.25, -0.2) is 4.98 Å². The summed E-state index contributed by atoms with van der Waals surface area (Å²) in [6.07, 6.45) is 3.01. The van der Waals surface area contributed by atoms with Gasteiger partial charge in [0.2, 0.25) is 5.91 Å². The van der Waals surface area contributed by atoms with E-state index < -0.39 is 0 Å². The van der Waals surface area contributed by atoms with Crippen LogP contribution in [0.25, 0.3) is 5.65 Å². The number of amides is 1. The number of hydrogen-bond acceptors (Lipinski definition) is 3. The normalized spacial score (nSPS) is 10.8. The summed E-state index contributed by atoms with van der Waals surface area (Å²) in [5.74, 6) is 1.48. The first-order valence-electron chi connectivity index (χ1n) is 9.24. The molecule has 0 bridgehead atoms. The first kappa shape index (κ1) is 17.8. The van der Waals surface area contributed by atoms with Crippen LogP contribution in [0.15, 0.2) is 79.0 Å². The van der Waals surface area contributed by atoms with Gasteiger partial charge in [0.25, 0.3) is 0 Å². The van der Waals surface area contributed by atoms with Gasteiger partial charge in [0.15, 0.2) is 0 Å². The van der Waals surface area contributed by atoms with Crippen molar-refractivity contribution in [2.45, 2.75) is 19.8 Å². The zero-order valence-corrected chi connectivity index (χ0v) is 15.6. The Morgan fingerprint density at radius 3 is 2.46 bits per heavy atom. The molecule has 0 saturated heterocycles. The molecule has 0 aliphatic carbocycles. The van der Waals surface area contributed by atoms with Crippen molar-refractivity contribution in [3.63, 3.8) is 0 Å². The maximum Gasteiger partial charge on any atom is 0.224 e. The van der Waals surface area contributed by atoms with Crippen molar-refractivity contribution in [3.8, 4) is 11.5 Å². The van der Waals surface area contributed by atoms with Crippen LogP contribution < -0.4 is 10.1 Å². The average molecular weight is 371 g/mol. The Morgan fingerprint density at radius 1 is 0.964 bits per heavy atom. The van der Waals surface area contributed by atoms with Crippen LogP contribution in [0.4, 0.5) is 5.69 Å². The summed E-state index contributed by atoms with van der Waals surface area (Å²) in [5.41, 5.74) is 3.68. The number of nitrogens with zero attached hydrogens (tertiary/aromatic N) is 2. The number of benzene rings is 2. The molecule has 5 heteroatoms. The third-order valence-electron chi connectivity index (χ3n) is 4.53. The fourth-order valence-corrected chi connectivity index (χ4v) is 3.15. The van der Waals surface area contributed by atoms with Crippen LogP contribution in [0.5, 0.6) is 11.5 Å². The van der Waals surface area contributed by atoms with Crippen molar-refractivity contribution >= 4 is 17.2 Å². The molecule has 1 N–H and O–H groups in total. The molecule has 4 aromatic rings. The Morgan fingerprint density at radius 2 is 1.68 bits per heavy atom. The lowest BCUT2D eigenvalue weighted by Crippen LogP contribution is -2.13. The second kappa shape index (κ2) is 7.96. The highest BCUT2D eigenvalue weighted by Crippen LogP contribution is 2.23. The number of aryl methyl sites for hydroxylation is 2. The van der Waals surface area contributed by atoms with E-state index in [0.29, 0.717) is 12.8 Å². The quantitative estimate of drug-likeness (QED) is 0.518. The third kappa shape index (κ3) is 4.04. The maximum atomic E-state index is 12.4. The van der Waals surface area contributed by atoms with Crippen molar-refractivity contribution in [3.05, 3.63) is 90.4 Å². The zero-order valence-electron chi connectivity index (χ0n) is 15.6. The SMILES string of the molecule is Cc1nc2ccccn2c1CCC(=O)Nc1ccc(Oc2ccccc2)cc1. The molecule has 5 nitrogen and oxygen atoms in total. The number of anilines is 1. The minimum Gasteiger partial charge on any atom is -0.457 e. The van der Waals surface area contributed by atoms with Gasteiger partial charge in [-0.2, -0.15) is 0 Å². The van der Waals surface area contributed by atoms with Gasteiger partial charge in [0.1, 0.15) is 17.1 Å². The van der Waals surface area contributed by atoms with Gasteiger partial charge < -0.3 is 14.5 Å². The third-order valence-corrected chi connectivity index (χ3v) is 4.53. The molecule has 2 aromatic carbocycles. The van der Waals surface area contributed by atoms with E-state index in [0.717, 1.165) is 34.2 Å². The molecule has 0 fully saturated rings. The number of carbonyl (C=O) groups excluding carboxylic acids is 1. The minimum absolute atomic E-state index is 0.0259. The lowest BCUT2D eigenvalue weighted by molar-refractivity contribution is -0.116. The van der Waals surface area contributed by atoms with Gasteiger partial charge in [0, 0.05) is 24.0 Å². The Kier molecular flexibility index (Phi) is 5.06. The average Bonchev–Trinajstić information content (AvgIpc) is 3.04. The van der Waals surface area contributed by atoms with Gasteiger partial charge in [-0.3, -0.25) is 4.79 Å². The maximum absolute atomic E-state index is 12.4. The van der Waals surface area contributed by atoms with Crippen LogP contribution in [0.1, 0.15) is 17.8 Å². The van der Waals surface area contributed by atoms with Gasteiger partial charge in [-0.05, 0) is 61.9 Å². The molecule has 0 aliphatic heterocycles. The van der Waals surface area contributed by atoms with Crippen molar-refractivity contribution in [2.75, 3.05) is 5.32 Å². The highest BCUT2D eigenvalue weighted by atomic mass is 16.5. The van der Waals surface area contributed by atoms with Crippen molar-refractivity contribution < 1.29 is 9.53 Å². The number of nitrogens with one attached hydrogen (secondary N) is 1. The summed E-state index contributed by atoms with van der Waals surface area (Å²) >= 11 is 0. The molecule has 1 amide bonds. The Hall–Kier alpha value is -3.60. The molecule has 2 heterocycles. The van der Waals surface area contributed by atoms with E-state index in [-0.39, 0.29) is 5.91 Å². The number of hydrogen-bond donors (Lipinski definition) is 1. The summed E-state index contributed by atoms with van der Waals surface area (Å²) in [4.78, 5) is 16.9. The van der Waals surface area contributed by atoms with Crippen molar-refractivity contribution in [2.24, 2.45) is 0 Å². The second-order valence-corrected chi connectivity index (χ2v) is 6.56. The molecule has 0 radical (unpaired) electrons. The minimum atomic E-state index is -0.0259. The summed E-state index contributed by atoms with van der Waals surface area (Å²) in [6, 6.07) is 22.9. The van der Waals surface area contributed by atoms with Gasteiger partial charge in [-0.15, -0.1) is 0 Å². The van der Waals surface area contributed by atoms with Crippen molar-refractivity contribution in [1.82, 2.24) is 9.38 Å². The molecule has 2 aromatic heterocycles. The lowest BCUT2D eigenvalue weighted by atomic mass is 10.2. The summed E-state index contributed by atoms with van der Waals surface area (Å²) in [7, 11) is 0.